The van der Waals surface area contributed by atoms with Crippen LogP contribution in [0.4, 0.5) is 0 Å². The zero-order valence-corrected chi connectivity index (χ0v) is 9.75. The Balaban J connectivity index is 2.19. The Labute approximate surface area is 91.0 Å². The van der Waals surface area contributed by atoms with Crippen molar-refractivity contribution in [1.29, 1.82) is 0 Å². The number of hydrogen-bond donors (Lipinski definition) is 1. The van der Waals surface area contributed by atoms with Crippen LogP contribution in [-0.2, 0) is 17.8 Å². The summed E-state index contributed by atoms with van der Waals surface area (Å²) in [5.41, 5.74) is 0. The smallest absolute Gasteiger partial charge is 0.195 e. The van der Waals surface area contributed by atoms with Crippen LogP contribution in [0.5, 0.6) is 0 Å². The minimum atomic E-state index is 0.492. The largest absolute Gasteiger partial charge is 0.443 e. The van der Waals surface area contributed by atoms with Gasteiger partial charge >= 0.3 is 0 Å². The topological polar surface area (TPSA) is 47.3 Å². The van der Waals surface area contributed by atoms with Gasteiger partial charge in [-0.15, -0.1) is 0 Å². The highest BCUT2D eigenvalue weighted by atomic mass is 16.5. The van der Waals surface area contributed by atoms with E-state index in [9.17, 15) is 0 Å². The third-order valence-electron chi connectivity index (χ3n) is 1.96. The van der Waals surface area contributed by atoms with Gasteiger partial charge in [-0.2, -0.15) is 0 Å². The lowest BCUT2D eigenvalue weighted by Gasteiger charge is -2.05. The first kappa shape index (κ1) is 12.2. The molecule has 0 fully saturated rings. The molecule has 0 atom stereocenters. The van der Waals surface area contributed by atoms with E-state index in [4.69, 9.17) is 9.15 Å². The van der Waals surface area contributed by atoms with Crippen LogP contribution in [0.2, 0.25) is 0 Å². The van der Waals surface area contributed by atoms with E-state index in [0.717, 1.165) is 31.2 Å². The molecule has 0 radical (unpaired) electrons. The Kier molecular flexibility index (Phi) is 5.36. The Morgan fingerprint density at radius 3 is 3.00 bits per heavy atom. The average Bonchev–Trinajstić information content (AvgIpc) is 2.61. The fourth-order valence-electron chi connectivity index (χ4n) is 1.26. The quantitative estimate of drug-likeness (QED) is 0.697. The number of oxazole rings is 1. The van der Waals surface area contributed by atoms with Crippen LogP contribution in [0, 0.1) is 5.92 Å². The molecule has 0 aromatic carbocycles. The van der Waals surface area contributed by atoms with Crippen molar-refractivity contribution < 1.29 is 9.15 Å². The lowest BCUT2D eigenvalue weighted by atomic mass is 10.2. The first-order valence-corrected chi connectivity index (χ1v) is 5.35. The molecule has 1 aromatic rings. The second kappa shape index (κ2) is 6.58. The van der Waals surface area contributed by atoms with E-state index < -0.39 is 0 Å². The molecular weight excluding hydrogens is 192 g/mol. The summed E-state index contributed by atoms with van der Waals surface area (Å²) in [5.74, 6) is 2.24. The summed E-state index contributed by atoms with van der Waals surface area (Å²) in [7, 11) is 1.65. The number of aromatic nitrogens is 1. The van der Waals surface area contributed by atoms with Gasteiger partial charge in [0.25, 0.3) is 0 Å². The van der Waals surface area contributed by atoms with E-state index in [1.54, 1.807) is 13.3 Å². The zero-order chi connectivity index (χ0) is 11.1. The molecule has 0 spiro atoms. The third-order valence-corrected chi connectivity index (χ3v) is 1.96. The number of ether oxygens (including phenoxy) is 1. The lowest BCUT2D eigenvalue weighted by Crippen LogP contribution is -2.22. The minimum Gasteiger partial charge on any atom is -0.443 e. The van der Waals surface area contributed by atoms with Crippen molar-refractivity contribution in [2.24, 2.45) is 5.92 Å². The summed E-state index contributed by atoms with van der Waals surface area (Å²) in [6.07, 6.45) is 2.55. The van der Waals surface area contributed by atoms with E-state index in [1.807, 2.05) is 0 Å². The van der Waals surface area contributed by atoms with Crippen LogP contribution < -0.4 is 5.32 Å². The summed E-state index contributed by atoms with van der Waals surface area (Å²) in [4.78, 5) is 4.16. The van der Waals surface area contributed by atoms with Crippen molar-refractivity contribution in [2.75, 3.05) is 20.2 Å². The fourth-order valence-corrected chi connectivity index (χ4v) is 1.26. The van der Waals surface area contributed by atoms with Crippen LogP contribution in [0.25, 0.3) is 0 Å². The lowest BCUT2D eigenvalue weighted by molar-refractivity contribution is 0.162. The zero-order valence-electron chi connectivity index (χ0n) is 9.75. The van der Waals surface area contributed by atoms with Gasteiger partial charge in [-0.05, 0) is 12.5 Å². The first-order valence-electron chi connectivity index (χ1n) is 5.35. The van der Waals surface area contributed by atoms with Gasteiger partial charge in [0.1, 0.15) is 12.4 Å². The maximum Gasteiger partial charge on any atom is 0.195 e. The second-order valence-electron chi connectivity index (χ2n) is 4.00. The maximum absolute atomic E-state index is 5.45. The van der Waals surface area contributed by atoms with Crippen molar-refractivity contribution in [3.8, 4) is 0 Å². The molecule has 4 nitrogen and oxygen atoms in total. The van der Waals surface area contributed by atoms with Crippen molar-refractivity contribution in [2.45, 2.75) is 26.9 Å². The summed E-state index contributed by atoms with van der Waals surface area (Å²) in [6, 6.07) is 0. The van der Waals surface area contributed by atoms with Crippen molar-refractivity contribution >= 4 is 0 Å². The number of methoxy groups -OCH3 is 1. The van der Waals surface area contributed by atoms with Gasteiger partial charge < -0.3 is 14.5 Å². The molecule has 0 aliphatic rings. The minimum absolute atomic E-state index is 0.492. The molecular formula is C11H20N2O2. The summed E-state index contributed by atoms with van der Waals surface area (Å²) in [6.45, 7) is 6.81. The van der Waals surface area contributed by atoms with Crippen molar-refractivity contribution in [1.82, 2.24) is 10.3 Å². The normalized spacial score (nSPS) is 11.2. The third kappa shape index (κ3) is 4.95. The second-order valence-corrected chi connectivity index (χ2v) is 4.00. The monoisotopic (exact) mass is 212 g/mol. The average molecular weight is 212 g/mol. The van der Waals surface area contributed by atoms with Gasteiger partial charge in [0, 0.05) is 20.1 Å². The molecule has 0 unspecified atom stereocenters. The highest BCUT2D eigenvalue weighted by molar-refractivity contribution is 4.92. The van der Waals surface area contributed by atoms with Gasteiger partial charge in [0.2, 0.25) is 0 Å². The predicted octanol–water partition coefficient (Wildman–Crippen LogP) is 1.61. The Hall–Kier alpha value is -0.870. The summed E-state index contributed by atoms with van der Waals surface area (Å²) in [5, 5.41) is 3.34. The number of hydrogen-bond acceptors (Lipinski definition) is 4. The molecule has 0 amide bonds. The summed E-state index contributed by atoms with van der Waals surface area (Å²) < 4.78 is 10.4. The summed E-state index contributed by atoms with van der Waals surface area (Å²) >= 11 is 0. The molecule has 15 heavy (non-hydrogen) atoms. The van der Waals surface area contributed by atoms with Crippen LogP contribution in [-0.4, -0.2) is 25.2 Å². The van der Waals surface area contributed by atoms with E-state index >= 15 is 0 Å². The van der Waals surface area contributed by atoms with Gasteiger partial charge in [-0.25, -0.2) is 4.98 Å². The van der Waals surface area contributed by atoms with E-state index in [2.05, 4.69) is 24.1 Å². The van der Waals surface area contributed by atoms with Gasteiger partial charge in [-0.3, -0.25) is 0 Å². The molecule has 1 rings (SSSR count). The molecule has 0 aliphatic heterocycles. The molecule has 0 aliphatic carbocycles. The molecule has 1 N–H and O–H groups in total. The molecule has 1 aromatic heterocycles. The highest BCUT2D eigenvalue weighted by Crippen LogP contribution is 2.04. The fraction of sp³-hybridized carbons (Fsp3) is 0.727. The van der Waals surface area contributed by atoms with E-state index in [0.29, 0.717) is 12.5 Å². The van der Waals surface area contributed by atoms with Crippen LogP contribution >= 0.6 is 0 Å². The molecule has 0 saturated heterocycles. The van der Waals surface area contributed by atoms with Crippen LogP contribution in [0.15, 0.2) is 10.6 Å². The number of nitrogens with one attached hydrogen (secondary N) is 1. The molecule has 4 heteroatoms. The molecule has 86 valence electrons. The Morgan fingerprint density at radius 2 is 2.33 bits per heavy atom. The van der Waals surface area contributed by atoms with Crippen LogP contribution in [0.1, 0.15) is 25.5 Å². The van der Waals surface area contributed by atoms with E-state index in [1.165, 1.54) is 0 Å². The number of rotatable bonds is 7. The molecule has 1 heterocycles. The molecule has 0 saturated carbocycles. The number of nitrogens with zero attached hydrogens (tertiary/aromatic N) is 1. The maximum atomic E-state index is 5.45. The SMILES string of the molecule is COCc1cnc(CCNCC(C)C)o1. The van der Waals surface area contributed by atoms with Gasteiger partial charge in [0.05, 0.1) is 6.20 Å². The van der Waals surface area contributed by atoms with E-state index in [-0.39, 0.29) is 0 Å². The van der Waals surface area contributed by atoms with Crippen LogP contribution in [0.3, 0.4) is 0 Å². The van der Waals surface area contributed by atoms with Gasteiger partial charge in [0.15, 0.2) is 5.89 Å². The Bertz CT molecular complexity index is 271. The van der Waals surface area contributed by atoms with Crippen molar-refractivity contribution in [3.05, 3.63) is 17.8 Å². The highest BCUT2D eigenvalue weighted by Gasteiger charge is 2.03. The first-order chi connectivity index (χ1) is 7.22. The standard InChI is InChI=1S/C11H20N2O2/c1-9(2)6-12-5-4-11-13-7-10(15-11)8-14-3/h7,9,12H,4-6,8H2,1-3H3. The predicted molar refractivity (Wildman–Crippen MR) is 58.6 cm³/mol. The Morgan fingerprint density at radius 1 is 1.53 bits per heavy atom. The van der Waals surface area contributed by atoms with Gasteiger partial charge in [-0.1, -0.05) is 13.8 Å². The molecule has 0 bridgehead atoms. The van der Waals surface area contributed by atoms with Crippen molar-refractivity contribution in [3.63, 3.8) is 0 Å².